The molecule has 1 N–H and O–H groups in total. The van der Waals surface area contributed by atoms with E-state index in [1.165, 1.54) is 0 Å². The number of likely N-dealkylation sites (N-methyl/N-ethyl adjacent to an activating group) is 1. The van der Waals surface area contributed by atoms with Crippen molar-refractivity contribution >= 4 is 5.97 Å². The van der Waals surface area contributed by atoms with Crippen LogP contribution >= 0.6 is 0 Å². The molecule has 1 rings (SSSR count). The zero-order chi connectivity index (χ0) is 15.5. The number of para-hydroxylation sites is 2. The molecular formula is C16H25NO4. The number of hydrogen-bond donors (Lipinski definition) is 1. The third-order valence-corrected chi connectivity index (χ3v) is 2.89. The van der Waals surface area contributed by atoms with Gasteiger partial charge in [0.25, 0.3) is 0 Å². The minimum Gasteiger partial charge on any atom is -0.490 e. The number of carbonyl (C=O) groups excluding carboxylic acids is 1. The number of benzene rings is 1. The first-order valence-electron chi connectivity index (χ1n) is 7.41. The van der Waals surface area contributed by atoms with Gasteiger partial charge in [-0.3, -0.25) is 4.79 Å². The van der Waals surface area contributed by atoms with Crippen LogP contribution in [0.2, 0.25) is 0 Å². The highest BCUT2D eigenvalue weighted by molar-refractivity contribution is 5.75. The summed E-state index contributed by atoms with van der Waals surface area (Å²) < 4.78 is 16.3. The predicted octanol–water partition coefficient (Wildman–Crippen LogP) is 2.40. The molecule has 5 nitrogen and oxygen atoms in total. The molecule has 0 bridgehead atoms. The molecule has 1 atom stereocenters. The number of esters is 1. The zero-order valence-corrected chi connectivity index (χ0v) is 13.1. The van der Waals surface area contributed by atoms with Gasteiger partial charge in [0.2, 0.25) is 0 Å². The van der Waals surface area contributed by atoms with Gasteiger partial charge in [-0.1, -0.05) is 19.1 Å². The SMILES string of the molecule is CCCOc1ccccc1OCCC(NC)C(=O)OCC. The smallest absolute Gasteiger partial charge is 0.323 e. The highest BCUT2D eigenvalue weighted by Gasteiger charge is 2.17. The molecule has 5 heteroatoms. The molecule has 0 fully saturated rings. The quantitative estimate of drug-likeness (QED) is 0.672. The molecule has 1 aromatic carbocycles. The number of hydrogen-bond acceptors (Lipinski definition) is 5. The van der Waals surface area contributed by atoms with E-state index in [9.17, 15) is 4.79 Å². The molecule has 0 aliphatic heterocycles. The van der Waals surface area contributed by atoms with E-state index < -0.39 is 0 Å². The van der Waals surface area contributed by atoms with Crippen LogP contribution in [0, 0.1) is 0 Å². The van der Waals surface area contributed by atoms with Gasteiger partial charge >= 0.3 is 5.97 Å². The second-order valence-electron chi connectivity index (χ2n) is 4.53. The van der Waals surface area contributed by atoms with Gasteiger partial charge in [0.05, 0.1) is 19.8 Å². The summed E-state index contributed by atoms with van der Waals surface area (Å²) in [5.74, 6) is 1.18. The van der Waals surface area contributed by atoms with E-state index in [0.717, 1.165) is 12.2 Å². The minimum atomic E-state index is -0.353. The first-order chi connectivity index (χ1) is 10.2. The molecule has 21 heavy (non-hydrogen) atoms. The van der Waals surface area contributed by atoms with Crippen LogP contribution in [0.4, 0.5) is 0 Å². The molecule has 0 aliphatic rings. The van der Waals surface area contributed by atoms with Crippen LogP contribution in [0.1, 0.15) is 26.7 Å². The third kappa shape index (κ3) is 6.04. The Kier molecular flexibility index (Phi) is 8.28. The molecule has 118 valence electrons. The Morgan fingerprint density at radius 1 is 1.14 bits per heavy atom. The Bertz CT molecular complexity index is 422. The van der Waals surface area contributed by atoms with E-state index in [-0.39, 0.29) is 12.0 Å². The van der Waals surface area contributed by atoms with Crippen molar-refractivity contribution in [1.82, 2.24) is 5.32 Å². The van der Waals surface area contributed by atoms with Crippen molar-refractivity contribution in [3.05, 3.63) is 24.3 Å². The first-order valence-corrected chi connectivity index (χ1v) is 7.41. The van der Waals surface area contributed by atoms with Gasteiger partial charge in [-0.05, 0) is 32.5 Å². The lowest BCUT2D eigenvalue weighted by atomic mass is 10.2. The number of ether oxygens (including phenoxy) is 3. The Morgan fingerprint density at radius 2 is 1.76 bits per heavy atom. The summed E-state index contributed by atoms with van der Waals surface area (Å²) in [5.41, 5.74) is 0. The van der Waals surface area contributed by atoms with Crippen LogP contribution in [0.5, 0.6) is 11.5 Å². The largest absolute Gasteiger partial charge is 0.490 e. The second-order valence-corrected chi connectivity index (χ2v) is 4.53. The van der Waals surface area contributed by atoms with Gasteiger partial charge in [0, 0.05) is 6.42 Å². The molecule has 0 aromatic heterocycles. The Morgan fingerprint density at radius 3 is 2.29 bits per heavy atom. The molecule has 0 saturated carbocycles. The van der Waals surface area contributed by atoms with Gasteiger partial charge in [0.15, 0.2) is 11.5 Å². The fourth-order valence-corrected chi connectivity index (χ4v) is 1.81. The molecule has 1 unspecified atom stereocenters. The lowest BCUT2D eigenvalue weighted by molar-refractivity contribution is -0.145. The third-order valence-electron chi connectivity index (χ3n) is 2.89. The average molecular weight is 295 g/mol. The Hall–Kier alpha value is -1.75. The highest BCUT2D eigenvalue weighted by Crippen LogP contribution is 2.26. The van der Waals surface area contributed by atoms with E-state index in [2.05, 4.69) is 12.2 Å². The summed E-state index contributed by atoms with van der Waals surface area (Å²) in [7, 11) is 1.74. The van der Waals surface area contributed by atoms with E-state index in [4.69, 9.17) is 14.2 Å². The number of nitrogens with one attached hydrogen (secondary N) is 1. The molecule has 0 amide bonds. The van der Waals surface area contributed by atoms with Gasteiger partial charge in [-0.2, -0.15) is 0 Å². The van der Waals surface area contributed by atoms with Crippen molar-refractivity contribution in [2.24, 2.45) is 0 Å². The Labute approximate surface area is 126 Å². The zero-order valence-electron chi connectivity index (χ0n) is 13.1. The summed E-state index contributed by atoms with van der Waals surface area (Å²) in [5, 5.41) is 2.94. The van der Waals surface area contributed by atoms with Crippen LogP contribution in [0.25, 0.3) is 0 Å². The maximum atomic E-state index is 11.7. The van der Waals surface area contributed by atoms with Crippen LogP contribution in [-0.4, -0.2) is 38.9 Å². The van der Waals surface area contributed by atoms with Crippen molar-refractivity contribution in [1.29, 1.82) is 0 Å². The standard InChI is InChI=1S/C16H25NO4/c1-4-11-20-14-8-6-7-9-15(14)21-12-10-13(17-3)16(18)19-5-2/h6-9,13,17H,4-5,10-12H2,1-3H3. The first kappa shape index (κ1) is 17.3. The molecule has 0 saturated heterocycles. The molecular weight excluding hydrogens is 270 g/mol. The molecule has 0 aliphatic carbocycles. The van der Waals surface area contributed by atoms with E-state index in [1.807, 2.05) is 24.3 Å². The highest BCUT2D eigenvalue weighted by atomic mass is 16.5. The normalized spacial score (nSPS) is 11.8. The van der Waals surface area contributed by atoms with E-state index >= 15 is 0 Å². The summed E-state index contributed by atoms with van der Waals surface area (Å²) in [6, 6.07) is 7.20. The fraction of sp³-hybridized carbons (Fsp3) is 0.562. The Balaban J connectivity index is 2.49. The topological polar surface area (TPSA) is 56.8 Å². The average Bonchev–Trinajstić information content (AvgIpc) is 2.50. The van der Waals surface area contributed by atoms with Crippen molar-refractivity contribution in [2.75, 3.05) is 26.9 Å². The molecule has 0 heterocycles. The lowest BCUT2D eigenvalue weighted by Gasteiger charge is -2.16. The summed E-state index contributed by atoms with van der Waals surface area (Å²) >= 11 is 0. The van der Waals surface area contributed by atoms with Gasteiger partial charge in [-0.15, -0.1) is 0 Å². The van der Waals surface area contributed by atoms with E-state index in [1.54, 1.807) is 14.0 Å². The number of rotatable bonds is 10. The van der Waals surface area contributed by atoms with Crippen molar-refractivity contribution in [3.63, 3.8) is 0 Å². The van der Waals surface area contributed by atoms with Gasteiger partial charge in [0.1, 0.15) is 6.04 Å². The van der Waals surface area contributed by atoms with Crippen LogP contribution in [0.15, 0.2) is 24.3 Å². The summed E-state index contributed by atoms with van der Waals surface area (Å²) in [4.78, 5) is 11.7. The summed E-state index contributed by atoms with van der Waals surface area (Å²) in [6.45, 7) is 5.30. The van der Waals surface area contributed by atoms with Gasteiger partial charge in [-0.25, -0.2) is 0 Å². The van der Waals surface area contributed by atoms with E-state index in [0.29, 0.717) is 32.0 Å². The molecule has 0 radical (unpaired) electrons. The summed E-state index contributed by atoms with van der Waals surface area (Å²) in [6.07, 6.45) is 1.48. The number of carbonyl (C=O) groups is 1. The van der Waals surface area contributed by atoms with Crippen LogP contribution < -0.4 is 14.8 Å². The molecule has 0 spiro atoms. The molecule has 1 aromatic rings. The predicted molar refractivity (Wildman–Crippen MR) is 81.8 cm³/mol. The van der Waals surface area contributed by atoms with Gasteiger partial charge < -0.3 is 19.5 Å². The van der Waals surface area contributed by atoms with Crippen molar-refractivity contribution < 1.29 is 19.0 Å². The maximum Gasteiger partial charge on any atom is 0.323 e. The van der Waals surface area contributed by atoms with Crippen molar-refractivity contribution in [2.45, 2.75) is 32.7 Å². The fourth-order valence-electron chi connectivity index (χ4n) is 1.81. The van der Waals surface area contributed by atoms with Crippen LogP contribution in [-0.2, 0) is 9.53 Å². The maximum absolute atomic E-state index is 11.7. The monoisotopic (exact) mass is 295 g/mol. The second kappa shape index (κ2) is 10.0. The van der Waals surface area contributed by atoms with Crippen molar-refractivity contribution in [3.8, 4) is 11.5 Å². The minimum absolute atomic E-state index is 0.251. The van der Waals surface area contributed by atoms with Crippen LogP contribution in [0.3, 0.4) is 0 Å². The lowest BCUT2D eigenvalue weighted by Crippen LogP contribution is -2.36.